The average Bonchev–Trinajstić information content (AvgIpc) is 3.20. The Morgan fingerprint density at radius 2 is 1.72 bits per heavy atom. The van der Waals surface area contributed by atoms with Gasteiger partial charge in [0.05, 0.1) is 17.5 Å². The number of amides is 2. The fraction of sp³-hybridized carbons (Fsp3) is 0.654. The number of hydrogen-bond donors (Lipinski definition) is 3. The Hall–Kier alpha value is -3.06. The maximum absolute atomic E-state index is 13.3. The molecule has 5 N–H and O–H groups in total. The van der Waals surface area contributed by atoms with Crippen LogP contribution in [0.25, 0.3) is 0 Å². The van der Waals surface area contributed by atoms with E-state index in [4.69, 9.17) is 20.9 Å². The van der Waals surface area contributed by atoms with E-state index in [-0.39, 0.29) is 29.4 Å². The van der Waals surface area contributed by atoms with Gasteiger partial charge < -0.3 is 30.7 Å². The number of guanidine groups is 1. The Bertz CT molecular complexity index is 1240. The Balaban J connectivity index is 1.54. The predicted molar refractivity (Wildman–Crippen MR) is 148 cm³/mol. The number of hydrogen-bond acceptors (Lipinski definition) is 8. The van der Waals surface area contributed by atoms with E-state index < -0.39 is 21.7 Å². The van der Waals surface area contributed by atoms with Crippen LogP contribution in [0.5, 0.6) is 5.75 Å². The number of carbonyl (C=O) groups is 2. The summed E-state index contributed by atoms with van der Waals surface area (Å²) in [5.41, 5.74) is 14.6. The van der Waals surface area contributed by atoms with Crippen LogP contribution in [0.15, 0.2) is 9.89 Å². The van der Waals surface area contributed by atoms with Gasteiger partial charge in [-0.1, -0.05) is 0 Å². The third-order valence-electron chi connectivity index (χ3n) is 7.19. The molecule has 0 bridgehead atoms. The molecule has 13 heteroatoms. The minimum absolute atomic E-state index is 0.189. The first kappa shape index (κ1) is 30.5. The summed E-state index contributed by atoms with van der Waals surface area (Å²) in [5.74, 6) is 0.335. The van der Waals surface area contributed by atoms with Gasteiger partial charge in [0.1, 0.15) is 11.4 Å². The zero-order chi connectivity index (χ0) is 29.1. The fourth-order valence-electron chi connectivity index (χ4n) is 5.06. The van der Waals surface area contributed by atoms with Crippen molar-refractivity contribution in [1.82, 2.24) is 14.5 Å². The summed E-state index contributed by atoms with van der Waals surface area (Å²) < 4.78 is 40.0. The first-order valence-electron chi connectivity index (χ1n) is 13.3. The minimum atomic E-state index is -3.98. The molecule has 1 unspecified atom stereocenters. The zero-order valence-corrected chi connectivity index (χ0v) is 24.6. The van der Waals surface area contributed by atoms with E-state index in [1.807, 2.05) is 20.8 Å². The van der Waals surface area contributed by atoms with Crippen LogP contribution in [-0.2, 0) is 26.0 Å². The SMILES string of the molecule is CCOC(=O)N1CCN(C(=O)C(N)CCCN=C(N)NS(=O)(=O)c2c(C)c(C)c3c(c2C)CC(C)(C)O3)CC1. The maximum atomic E-state index is 13.3. The molecular weight excluding hydrogens is 524 g/mol. The zero-order valence-electron chi connectivity index (χ0n) is 23.8. The van der Waals surface area contributed by atoms with Crippen molar-refractivity contribution in [3.8, 4) is 5.75 Å². The van der Waals surface area contributed by atoms with E-state index in [2.05, 4.69) is 9.71 Å². The van der Waals surface area contributed by atoms with Gasteiger partial charge in [-0.3, -0.25) is 9.79 Å². The van der Waals surface area contributed by atoms with Crippen molar-refractivity contribution >= 4 is 28.0 Å². The molecule has 0 aromatic heterocycles. The van der Waals surface area contributed by atoms with Crippen molar-refractivity contribution < 1.29 is 27.5 Å². The van der Waals surface area contributed by atoms with Crippen molar-refractivity contribution in [3.63, 3.8) is 0 Å². The lowest BCUT2D eigenvalue weighted by atomic mass is 9.94. The number of nitrogens with one attached hydrogen (secondary N) is 1. The molecule has 1 fully saturated rings. The van der Waals surface area contributed by atoms with Gasteiger partial charge in [0.25, 0.3) is 10.0 Å². The van der Waals surface area contributed by atoms with E-state index >= 15 is 0 Å². The van der Waals surface area contributed by atoms with Gasteiger partial charge in [-0.15, -0.1) is 0 Å². The second kappa shape index (κ2) is 12.0. The lowest BCUT2D eigenvalue weighted by molar-refractivity contribution is -0.134. The molecule has 2 aliphatic rings. The van der Waals surface area contributed by atoms with Crippen LogP contribution < -0.4 is 20.9 Å². The molecule has 0 saturated carbocycles. The van der Waals surface area contributed by atoms with E-state index in [1.165, 1.54) is 0 Å². The van der Waals surface area contributed by atoms with E-state index in [0.717, 1.165) is 16.9 Å². The molecule has 2 aliphatic heterocycles. The number of piperazine rings is 1. The number of benzene rings is 1. The predicted octanol–water partition coefficient (Wildman–Crippen LogP) is 1.33. The molecule has 39 heavy (non-hydrogen) atoms. The number of nitrogens with zero attached hydrogens (tertiary/aromatic N) is 3. The largest absolute Gasteiger partial charge is 0.487 e. The van der Waals surface area contributed by atoms with Crippen LogP contribution in [0.4, 0.5) is 4.79 Å². The van der Waals surface area contributed by atoms with Gasteiger partial charge in [0.2, 0.25) is 11.9 Å². The van der Waals surface area contributed by atoms with Gasteiger partial charge in [0, 0.05) is 44.7 Å². The van der Waals surface area contributed by atoms with Crippen molar-refractivity contribution in [2.75, 3.05) is 39.3 Å². The number of fused-ring (bicyclic) bond motifs is 1. The summed E-state index contributed by atoms with van der Waals surface area (Å²) in [6.07, 6.45) is 1.04. The highest BCUT2D eigenvalue weighted by Crippen LogP contribution is 2.43. The Labute approximate surface area is 231 Å². The maximum Gasteiger partial charge on any atom is 0.409 e. The summed E-state index contributed by atoms with van der Waals surface area (Å²) in [4.78, 5) is 32.1. The topological polar surface area (TPSA) is 170 Å². The summed E-state index contributed by atoms with van der Waals surface area (Å²) >= 11 is 0. The van der Waals surface area contributed by atoms with Crippen molar-refractivity contribution in [3.05, 3.63) is 22.3 Å². The van der Waals surface area contributed by atoms with E-state index in [1.54, 1.807) is 30.6 Å². The number of rotatable bonds is 8. The van der Waals surface area contributed by atoms with Crippen LogP contribution >= 0.6 is 0 Å². The molecule has 2 heterocycles. The quantitative estimate of drug-likeness (QED) is 0.240. The minimum Gasteiger partial charge on any atom is -0.487 e. The lowest BCUT2D eigenvalue weighted by Crippen LogP contribution is -2.54. The molecule has 218 valence electrons. The number of nitrogens with two attached hydrogens (primary N) is 2. The standard InChI is InChI=1S/C26H42N6O6S/c1-7-37-25(34)32-13-11-31(12-14-32)23(33)20(27)9-8-10-29-24(28)30-39(35,36)22-17(3)16(2)21-19(18(22)4)15-26(5,6)38-21/h20H,7-15,27H2,1-6H3,(H3,28,29,30). The Morgan fingerprint density at radius 3 is 2.33 bits per heavy atom. The average molecular weight is 567 g/mol. The molecule has 1 atom stereocenters. The second-order valence-electron chi connectivity index (χ2n) is 10.7. The highest BCUT2D eigenvalue weighted by atomic mass is 32.2. The lowest BCUT2D eigenvalue weighted by Gasteiger charge is -2.35. The molecule has 2 amide bonds. The molecule has 0 aliphatic carbocycles. The van der Waals surface area contributed by atoms with Crippen molar-refractivity contribution in [2.24, 2.45) is 16.5 Å². The molecule has 12 nitrogen and oxygen atoms in total. The fourth-order valence-corrected chi connectivity index (χ4v) is 6.59. The van der Waals surface area contributed by atoms with Crippen LogP contribution in [0.2, 0.25) is 0 Å². The first-order valence-corrected chi connectivity index (χ1v) is 14.8. The number of sulfonamides is 1. The Kier molecular flexibility index (Phi) is 9.37. The summed E-state index contributed by atoms with van der Waals surface area (Å²) in [5, 5.41) is 0. The third kappa shape index (κ3) is 6.93. The van der Waals surface area contributed by atoms with Crippen LogP contribution in [0.3, 0.4) is 0 Å². The Morgan fingerprint density at radius 1 is 1.10 bits per heavy atom. The van der Waals surface area contributed by atoms with E-state index in [0.29, 0.717) is 63.2 Å². The molecule has 1 saturated heterocycles. The highest BCUT2D eigenvalue weighted by Gasteiger charge is 2.36. The summed E-state index contributed by atoms with van der Waals surface area (Å²) in [6.45, 7) is 13.2. The van der Waals surface area contributed by atoms with Gasteiger partial charge >= 0.3 is 6.09 Å². The third-order valence-corrected chi connectivity index (χ3v) is 8.82. The number of aliphatic imine (C=N–C) groups is 1. The summed E-state index contributed by atoms with van der Waals surface area (Å²) in [7, 11) is -3.98. The van der Waals surface area contributed by atoms with Gasteiger partial charge in [-0.2, -0.15) is 0 Å². The molecule has 3 rings (SSSR count). The molecule has 0 radical (unpaired) electrons. The molecule has 0 spiro atoms. The van der Waals surface area contributed by atoms with Crippen LogP contribution in [-0.4, -0.2) is 87.2 Å². The second-order valence-corrected chi connectivity index (χ2v) is 12.3. The van der Waals surface area contributed by atoms with Crippen molar-refractivity contribution in [1.29, 1.82) is 0 Å². The first-order chi connectivity index (χ1) is 18.2. The van der Waals surface area contributed by atoms with Gasteiger partial charge in [0.15, 0.2) is 0 Å². The van der Waals surface area contributed by atoms with E-state index in [9.17, 15) is 18.0 Å². The van der Waals surface area contributed by atoms with Gasteiger partial charge in [-0.05, 0) is 71.1 Å². The van der Waals surface area contributed by atoms with Crippen LogP contribution in [0, 0.1) is 20.8 Å². The summed E-state index contributed by atoms with van der Waals surface area (Å²) in [6, 6.07) is -0.724. The molecular formula is C26H42N6O6S. The molecule has 1 aromatic carbocycles. The number of carbonyl (C=O) groups excluding carboxylic acids is 2. The molecule has 1 aromatic rings. The number of ether oxygens (including phenoxy) is 2. The smallest absolute Gasteiger partial charge is 0.409 e. The monoisotopic (exact) mass is 566 g/mol. The van der Waals surface area contributed by atoms with Crippen LogP contribution in [0.1, 0.15) is 55.9 Å². The highest BCUT2D eigenvalue weighted by molar-refractivity contribution is 7.90. The van der Waals surface area contributed by atoms with Crippen molar-refractivity contribution in [2.45, 2.75) is 77.3 Å². The normalized spacial score (nSPS) is 17.9. The van der Waals surface area contributed by atoms with Gasteiger partial charge in [-0.25, -0.2) is 17.9 Å².